The lowest BCUT2D eigenvalue weighted by Gasteiger charge is -2.49. The molecule has 2 unspecified atom stereocenters. The van der Waals surface area contributed by atoms with Crippen molar-refractivity contribution in [3.8, 4) is 5.75 Å². The van der Waals surface area contributed by atoms with E-state index in [4.69, 9.17) is 5.73 Å². The number of aromatic hydroxyl groups is 1. The number of phenolic OH excluding ortho intramolecular Hbond substituents is 1. The van der Waals surface area contributed by atoms with Crippen LogP contribution in [0.4, 0.5) is 0 Å². The topological polar surface area (TPSA) is 49.5 Å². The maximum Gasteiger partial charge on any atom is 0.118 e. The lowest BCUT2D eigenvalue weighted by atomic mass is 9.77. The standard InChI is InChI=1S/C14H20N2O/c15-14-10-5-7-16(8-6-10)12(14)9-11-3-1-2-4-13(11)17/h1-4,10,12,14,17H,5-9,15H2. The summed E-state index contributed by atoms with van der Waals surface area (Å²) in [6.07, 6.45) is 3.38. The van der Waals surface area contributed by atoms with Gasteiger partial charge in [-0.2, -0.15) is 0 Å². The van der Waals surface area contributed by atoms with Crippen LogP contribution < -0.4 is 5.73 Å². The van der Waals surface area contributed by atoms with Crippen molar-refractivity contribution in [1.29, 1.82) is 0 Å². The molecule has 0 aromatic heterocycles. The highest BCUT2D eigenvalue weighted by molar-refractivity contribution is 5.33. The first-order chi connectivity index (χ1) is 8.25. The molecule has 3 saturated heterocycles. The highest BCUT2D eigenvalue weighted by atomic mass is 16.3. The summed E-state index contributed by atoms with van der Waals surface area (Å²) in [6.45, 7) is 2.35. The van der Waals surface area contributed by atoms with Crippen LogP contribution in [0.2, 0.25) is 0 Å². The first-order valence-corrected chi connectivity index (χ1v) is 6.52. The van der Waals surface area contributed by atoms with Crippen molar-refractivity contribution in [3.05, 3.63) is 29.8 Å². The van der Waals surface area contributed by atoms with Crippen LogP contribution in [0.1, 0.15) is 18.4 Å². The lowest BCUT2D eigenvalue weighted by molar-refractivity contribution is 0.0285. The molecule has 2 atom stereocenters. The van der Waals surface area contributed by atoms with E-state index in [1.165, 1.54) is 25.9 Å². The van der Waals surface area contributed by atoms with E-state index in [0.717, 1.165) is 12.0 Å². The van der Waals surface area contributed by atoms with Gasteiger partial charge in [-0.1, -0.05) is 18.2 Å². The molecule has 0 aliphatic carbocycles. The van der Waals surface area contributed by atoms with Crippen LogP contribution >= 0.6 is 0 Å². The third-order valence-corrected chi connectivity index (χ3v) is 4.45. The van der Waals surface area contributed by atoms with E-state index >= 15 is 0 Å². The minimum Gasteiger partial charge on any atom is -0.508 e. The first-order valence-electron chi connectivity index (χ1n) is 6.52. The number of hydrogen-bond acceptors (Lipinski definition) is 3. The van der Waals surface area contributed by atoms with Gasteiger partial charge in [-0.25, -0.2) is 0 Å². The molecule has 0 radical (unpaired) electrons. The molecule has 0 amide bonds. The molecular weight excluding hydrogens is 212 g/mol. The summed E-state index contributed by atoms with van der Waals surface area (Å²) in [5.74, 6) is 1.10. The van der Waals surface area contributed by atoms with E-state index < -0.39 is 0 Å². The fraction of sp³-hybridized carbons (Fsp3) is 0.571. The minimum absolute atomic E-state index is 0.275. The van der Waals surface area contributed by atoms with Crippen LogP contribution in [-0.4, -0.2) is 35.2 Å². The summed E-state index contributed by atoms with van der Waals surface area (Å²) in [5, 5.41) is 9.84. The second-order valence-corrected chi connectivity index (χ2v) is 5.35. The molecule has 3 aliphatic heterocycles. The Morgan fingerprint density at radius 1 is 1.24 bits per heavy atom. The van der Waals surface area contributed by atoms with Gasteiger partial charge in [0.15, 0.2) is 0 Å². The molecule has 2 bridgehead atoms. The molecule has 3 aliphatic rings. The summed E-state index contributed by atoms with van der Waals surface area (Å²) in [5.41, 5.74) is 7.37. The SMILES string of the molecule is NC1C2CCN(CC2)C1Cc1ccccc1O. The van der Waals surface area contributed by atoms with Crippen molar-refractivity contribution < 1.29 is 5.11 Å². The highest BCUT2D eigenvalue weighted by Gasteiger charge is 2.40. The lowest BCUT2D eigenvalue weighted by Crippen LogP contribution is -2.61. The number of nitrogens with two attached hydrogens (primary N) is 1. The molecule has 17 heavy (non-hydrogen) atoms. The smallest absolute Gasteiger partial charge is 0.118 e. The normalized spacial score (nSPS) is 36.1. The van der Waals surface area contributed by atoms with Gasteiger partial charge in [-0.05, 0) is 49.9 Å². The minimum atomic E-state index is 0.275. The third-order valence-electron chi connectivity index (χ3n) is 4.45. The Hall–Kier alpha value is -1.06. The van der Waals surface area contributed by atoms with E-state index in [2.05, 4.69) is 4.90 Å². The van der Waals surface area contributed by atoms with Crippen molar-refractivity contribution in [2.75, 3.05) is 13.1 Å². The predicted molar refractivity (Wildman–Crippen MR) is 67.9 cm³/mol. The summed E-state index contributed by atoms with van der Waals surface area (Å²) in [6, 6.07) is 8.30. The van der Waals surface area contributed by atoms with Crippen LogP contribution in [0, 0.1) is 5.92 Å². The molecule has 3 N–H and O–H groups in total. The number of rotatable bonds is 2. The van der Waals surface area contributed by atoms with Gasteiger partial charge in [-0.15, -0.1) is 0 Å². The molecular formula is C14H20N2O. The van der Waals surface area contributed by atoms with Crippen LogP contribution in [0.3, 0.4) is 0 Å². The number of nitrogens with zero attached hydrogens (tertiary/aromatic N) is 1. The number of para-hydroxylation sites is 1. The Bertz CT molecular complexity index is 397. The number of piperidine rings is 3. The fourth-order valence-corrected chi connectivity index (χ4v) is 3.37. The maximum atomic E-state index is 9.84. The molecule has 3 nitrogen and oxygen atoms in total. The van der Waals surface area contributed by atoms with Crippen molar-refractivity contribution in [2.24, 2.45) is 11.7 Å². The maximum absolute atomic E-state index is 9.84. The van der Waals surface area contributed by atoms with Gasteiger partial charge in [0.1, 0.15) is 5.75 Å². The zero-order valence-electron chi connectivity index (χ0n) is 10.0. The van der Waals surface area contributed by atoms with Gasteiger partial charge in [0.25, 0.3) is 0 Å². The number of phenols is 1. The Morgan fingerprint density at radius 2 is 1.94 bits per heavy atom. The summed E-state index contributed by atoms with van der Waals surface area (Å²) < 4.78 is 0. The van der Waals surface area contributed by atoms with Gasteiger partial charge in [-0.3, -0.25) is 4.90 Å². The largest absolute Gasteiger partial charge is 0.508 e. The zero-order valence-corrected chi connectivity index (χ0v) is 10.0. The number of fused-ring (bicyclic) bond motifs is 3. The Balaban J connectivity index is 1.79. The monoisotopic (exact) mass is 232 g/mol. The van der Waals surface area contributed by atoms with Gasteiger partial charge < -0.3 is 10.8 Å². The van der Waals surface area contributed by atoms with Crippen molar-refractivity contribution in [1.82, 2.24) is 4.90 Å². The Kier molecular flexibility index (Phi) is 2.81. The van der Waals surface area contributed by atoms with E-state index in [9.17, 15) is 5.11 Å². The highest BCUT2D eigenvalue weighted by Crippen LogP contribution is 2.33. The van der Waals surface area contributed by atoms with Crippen molar-refractivity contribution in [2.45, 2.75) is 31.3 Å². The van der Waals surface area contributed by atoms with E-state index in [0.29, 0.717) is 17.7 Å². The first kappa shape index (κ1) is 11.1. The van der Waals surface area contributed by atoms with Crippen LogP contribution in [-0.2, 0) is 6.42 Å². The summed E-state index contributed by atoms with van der Waals surface area (Å²) >= 11 is 0. The van der Waals surface area contributed by atoms with Crippen LogP contribution in [0.25, 0.3) is 0 Å². The molecule has 92 valence electrons. The van der Waals surface area contributed by atoms with Crippen LogP contribution in [0.5, 0.6) is 5.75 Å². The van der Waals surface area contributed by atoms with Gasteiger partial charge in [0.05, 0.1) is 0 Å². The average molecular weight is 232 g/mol. The van der Waals surface area contributed by atoms with E-state index in [1.54, 1.807) is 6.07 Å². The molecule has 3 heterocycles. The molecule has 3 fully saturated rings. The van der Waals surface area contributed by atoms with Gasteiger partial charge in [0.2, 0.25) is 0 Å². The predicted octanol–water partition coefficient (Wildman–Crippen LogP) is 1.36. The zero-order chi connectivity index (χ0) is 11.8. The Morgan fingerprint density at radius 3 is 2.59 bits per heavy atom. The second kappa shape index (κ2) is 4.31. The summed E-state index contributed by atoms with van der Waals surface area (Å²) in [7, 11) is 0. The van der Waals surface area contributed by atoms with E-state index in [1.807, 2.05) is 18.2 Å². The average Bonchev–Trinajstić information content (AvgIpc) is 2.36. The molecule has 0 spiro atoms. The number of benzene rings is 1. The molecule has 0 saturated carbocycles. The van der Waals surface area contributed by atoms with Crippen molar-refractivity contribution >= 4 is 0 Å². The van der Waals surface area contributed by atoms with Gasteiger partial charge in [0, 0.05) is 12.1 Å². The van der Waals surface area contributed by atoms with Crippen molar-refractivity contribution in [3.63, 3.8) is 0 Å². The van der Waals surface area contributed by atoms with Gasteiger partial charge >= 0.3 is 0 Å². The molecule has 4 rings (SSSR count). The number of hydrogen-bond donors (Lipinski definition) is 2. The fourth-order valence-electron chi connectivity index (χ4n) is 3.37. The molecule has 1 aromatic rings. The van der Waals surface area contributed by atoms with Crippen LogP contribution in [0.15, 0.2) is 24.3 Å². The molecule has 1 aromatic carbocycles. The quantitative estimate of drug-likeness (QED) is 0.809. The summed E-state index contributed by atoms with van der Waals surface area (Å²) in [4.78, 5) is 2.50. The Labute approximate surface area is 102 Å². The van der Waals surface area contributed by atoms with E-state index in [-0.39, 0.29) is 6.04 Å². The molecule has 3 heteroatoms. The third kappa shape index (κ3) is 1.94. The second-order valence-electron chi connectivity index (χ2n) is 5.35.